The van der Waals surface area contributed by atoms with Gasteiger partial charge in [-0.1, -0.05) is 12.8 Å². The molecule has 0 atom stereocenters. The van der Waals surface area contributed by atoms with Gasteiger partial charge in [0.2, 0.25) is 0 Å². The number of aromatic nitrogens is 2. The molecule has 0 N–H and O–H groups in total. The van der Waals surface area contributed by atoms with E-state index in [-0.39, 0.29) is 5.91 Å². The summed E-state index contributed by atoms with van der Waals surface area (Å²) in [6.07, 6.45) is 6.61. The van der Waals surface area contributed by atoms with Crippen molar-refractivity contribution in [2.75, 3.05) is 49.1 Å². The zero-order valence-electron chi connectivity index (χ0n) is 15.0. The van der Waals surface area contributed by atoms with Gasteiger partial charge in [-0.25, -0.2) is 0 Å². The molecule has 0 aliphatic carbocycles. The molecule has 26 heavy (non-hydrogen) atoms. The van der Waals surface area contributed by atoms with Gasteiger partial charge < -0.3 is 19.1 Å². The third kappa shape index (κ3) is 3.66. The fraction of sp³-hybridized carbons (Fsp3) is 0.526. The lowest BCUT2D eigenvalue weighted by Gasteiger charge is -2.34. The minimum atomic E-state index is -0.0442. The molecule has 0 spiro atoms. The van der Waals surface area contributed by atoms with Crippen LogP contribution in [0.15, 0.2) is 34.9 Å². The first-order chi connectivity index (χ1) is 12.8. The molecule has 2 saturated heterocycles. The monoisotopic (exact) mass is 355 g/mol. The van der Waals surface area contributed by atoms with Crippen LogP contribution >= 0.6 is 0 Å². The second kappa shape index (κ2) is 7.76. The summed E-state index contributed by atoms with van der Waals surface area (Å²) in [5.41, 5.74) is 0. The molecular weight excluding hydrogens is 330 g/mol. The van der Waals surface area contributed by atoms with Crippen LogP contribution in [-0.2, 0) is 0 Å². The lowest BCUT2D eigenvalue weighted by atomic mass is 10.2. The van der Waals surface area contributed by atoms with Crippen molar-refractivity contribution in [3.05, 3.63) is 36.3 Å². The molecule has 2 aromatic heterocycles. The van der Waals surface area contributed by atoms with Gasteiger partial charge in [-0.3, -0.25) is 4.79 Å². The van der Waals surface area contributed by atoms with Gasteiger partial charge in [0.1, 0.15) is 0 Å². The lowest BCUT2D eigenvalue weighted by molar-refractivity contribution is 0.0714. The van der Waals surface area contributed by atoms with Crippen molar-refractivity contribution in [2.45, 2.75) is 25.7 Å². The van der Waals surface area contributed by atoms with Gasteiger partial charge in [0.15, 0.2) is 17.4 Å². The molecule has 4 heterocycles. The van der Waals surface area contributed by atoms with E-state index in [4.69, 9.17) is 4.42 Å². The highest BCUT2D eigenvalue weighted by Crippen LogP contribution is 2.20. The molecule has 0 radical (unpaired) electrons. The molecule has 2 aliphatic heterocycles. The van der Waals surface area contributed by atoms with Gasteiger partial charge in [0.05, 0.1) is 6.26 Å². The minimum Gasteiger partial charge on any atom is -0.459 e. The van der Waals surface area contributed by atoms with E-state index in [2.05, 4.69) is 32.1 Å². The molecule has 0 unspecified atom stereocenters. The highest BCUT2D eigenvalue weighted by molar-refractivity contribution is 5.91. The zero-order valence-corrected chi connectivity index (χ0v) is 15.0. The van der Waals surface area contributed by atoms with Crippen molar-refractivity contribution in [3.63, 3.8) is 0 Å². The van der Waals surface area contributed by atoms with Crippen LogP contribution in [0.4, 0.5) is 11.6 Å². The Kier molecular flexibility index (Phi) is 5.04. The minimum absolute atomic E-state index is 0.0442. The van der Waals surface area contributed by atoms with Crippen LogP contribution in [0.1, 0.15) is 36.2 Å². The summed E-state index contributed by atoms with van der Waals surface area (Å²) in [5, 5.41) is 8.89. The number of amides is 1. The molecule has 0 aromatic carbocycles. The number of carbonyl (C=O) groups is 1. The Hall–Kier alpha value is -2.57. The van der Waals surface area contributed by atoms with Gasteiger partial charge in [0, 0.05) is 39.3 Å². The first-order valence-corrected chi connectivity index (χ1v) is 9.48. The molecule has 2 aliphatic rings. The number of hydrogen-bond acceptors (Lipinski definition) is 6. The molecular formula is C19H25N5O2. The Bertz CT molecular complexity index is 700. The standard InChI is InChI=1S/C19H25N5O2/c25-19(16-6-5-15-26-16)24-13-11-23(12-14-24)18-8-7-17(20-21-18)22-9-3-1-2-4-10-22/h5-8,15H,1-4,9-14H2. The summed E-state index contributed by atoms with van der Waals surface area (Å²) in [6, 6.07) is 7.58. The molecule has 2 fully saturated rings. The SMILES string of the molecule is O=C(c1ccco1)N1CCN(c2ccc(N3CCCCCC3)nn2)CC1. The highest BCUT2D eigenvalue weighted by atomic mass is 16.3. The van der Waals surface area contributed by atoms with Crippen LogP contribution in [0.25, 0.3) is 0 Å². The van der Waals surface area contributed by atoms with Gasteiger partial charge in [-0.2, -0.15) is 0 Å². The largest absolute Gasteiger partial charge is 0.459 e. The number of furan rings is 1. The average Bonchev–Trinajstić information content (AvgIpc) is 3.10. The normalized spacial score (nSPS) is 18.7. The average molecular weight is 355 g/mol. The molecule has 4 rings (SSSR count). The fourth-order valence-electron chi connectivity index (χ4n) is 3.65. The summed E-state index contributed by atoms with van der Waals surface area (Å²) >= 11 is 0. The number of rotatable bonds is 3. The molecule has 0 bridgehead atoms. The fourth-order valence-corrected chi connectivity index (χ4v) is 3.65. The second-order valence-corrected chi connectivity index (χ2v) is 6.91. The van der Waals surface area contributed by atoms with Crippen LogP contribution < -0.4 is 9.80 Å². The van der Waals surface area contributed by atoms with E-state index in [1.54, 1.807) is 12.1 Å². The van der Waals surface area contributed by atoms with Crippen LogP contribution in [0.5, 0.6) is 0 Å². The molecule has 2 aromatic rings. The van der Waals surface area contributed by atoms with Gasteiger partial charge in [-0.15, -0.1) is 10.2 Å². The van der Waals surface area contributed by atoms with Crippen LogP contribution in [0.2, 0.25) is 0 Å². The topological polar surface area (TPSA) is 65.7 Å². The summed E-state index contributed by atoms with van der Waals surface area (Å²) in [4.78, 5) is 18.7. The number of nitrogens with zero attached hydrogens (tertiary/aromatic N) is 5. The smallest absolute Gasteiger partial charge is 0.289 e. The first kappa shape index (κ1) is 16.9. The second-order valence-electron chi connectivity index (χ2n) is 6.91. The zero-order chi connectivity index (χ0) is 17.8. The quantitative estimate of drug-likeness (QED) is 0.842. The van der Waals surface area contributed by atoms with E-state index in [0.29, 0.717) is 18.8 Å². The predicted octanol–water partition coefficient (Wildman–Crippen LogP) is 2.41. The van der Waals surface area contributed by atoms with E-state index in [1.165, 1.54) is 31.9 Å². The predicted molar refractivity (Wildman–Crippen MR) is 99.5 cm³/mol. The third-order valence-corrected chi connectivity index (χ3v) is 5.19. The van der Waals surface area contributed by atoms with Crippen LogP contribution in [0.3, 0.4) is 0 Å². The third-order valence-electron chi connectivity index (χ3n) is 5.19. The maximum absolute atomic E-state index is 12.3. The molecule has 0 saturated carbocycles. The van der Waals surface area contributed by atoms with Gasteiger partial charge in [0.25, 0.3) is 5.91 Å². The Morgan fingerprint density at radius 2 is 1.42 bits per heavy atom. The van der Waals surface area contributed by atoms with Gasteiger partial charge >= 0.3 is 0 Å². The van der Waals surface area contributed by atoms with Crippen LogP contribution in [-0.4, -0.2) is 60.3 Å². The number of anilines is 2. The van der Waals surface area contributed by atoms with E-state index >= 15 is 0 Å². The maximum Gasteiger partial charge on any atom is 0.289 e. The van der Waals surface area contributed by atoms with Crippen molar-refractivity contribution in [2.24, 2.45) is 0 Å². The van der Waals surface area contributed by atoms with Gasteiger partial charge in [-0.05, 0) is 37.1 Å². The first-order valence-electron chi connectivity index (χ1n) is 9.48. The highest BCUT2D eigenvalue weighted by Gasteiger charge is 2.24. The van der Waals surface area contributed by atoms with Crippen molar-refractivity contribution in [1.82, 2.24) is 15.1 Å². The molecule has 7 nitrogen and oxygen atoms in total. The van der Waals surface area contributed by atoms with Crippen molar-refractivity contribution in [1.29, 1.82) is 0 Å². The van der Waals surface area contributed by atoms with Crippen molar-refractivity contribution >= 4 is 17.5 Å². The Morgan fingerprint density at radius 1 is 0.808 bits per heavy atom. The maximum atomic E-state index is 12.3. The summed E-state index contributed by atoms with van der Waals surface area (Å²) in [5.74, 6) is 2.22. The number of piperazine rings is 1. The summed E-state index contributed by atoms with van der Waals surface area (Å²) < 4.78 is 5.21. The van der Waals surface area contributed by atoms with E-state index in [0.717, 1.165) is 37.8 Å². The molecule has 138 valence electrons. The van der Waals surface area contributed by atoms with E-state index in [1.807, 2.05) is 4.90 Å². The Morgan fingerprint density at radius 3 is 1.96 bits per heavy atom. The molecule has 1 amide bonds. The van der Waals surface area contributed by atoms with Crippen molar-refractivity contribution in [3.8, 4) is 0 Å². The summed E-state index contributed by atoms with van der Waals surface area (Å²) in [6.45, 7) is 4.97. The van der Waals surface area contributed by atoms with Crippen molar-refractivity contribution < 1.29 is 9.21 Å². The lowest BCUT2D eigenvalue weighted by Crippen LogP contribution is -2.49. The summed E-state index contributed by atoms with van der Waals surface area (Å²) in [7, 11) is 0. The van der Waals surface area contributed by atoms with E-state index < -0.39 is 0 Å². The molecule has 7 heteroatoms. The van der Waals surface area contributed by atoms with Crippen LogP contribution in [0, 0.1) is 0 Å². The number of hydrogen-bond donors (Lipinski definition) is 0. The Labute approximate surface area is 153 Å². The Balaban J connectivity index is 1.35. The number of carbonyl (C=O) groups excluding carboxylic acids is 1. The van der Waals surface area contributed by atoms with E-state index in [9.17, 15) is 4.79 Å².